The zero-order valence-corrected chi connectivity index (χ0v) is 13.7. The van der Waals surface area contributed by atoms with E-state index in [2.05, 4.69) is 34.6 Å². The first-order chi connectivity index (χ1) is 10.7. The molecule has 0 saturated carbocycles. The van der Waals surface area contributed by atoms with Crippen molar-refractivity contribution in [1.29, 1.82) is 0 Å². The fourth-order valence-corrected chi connectivity index (χ4v) is 2.55. The van der Waals surface area contributed by atoms with E-state index in [1.54, 1.807) is 0 Å². The molecule has 1 aliphatic heterocycles. The Morgan fingerprint density at radius 2 is 2.05 bits per heavy atom. The number of rotatable bonds is 6. The first-order valence-electron chi connectivity index (χ1n) is 8.19. The third kappa shape index (κ3) is 4.91. The number of aryl methyl sites for hydroxylation is 1. The molecule has 22 heavy (non-hydrogen) atoms. The van der Waals surface area contributed by atoms with Crippen LogP contribution in [0.1, 0.15) is 31.7 Å². The zero-order valence-electron chi connectivity index (χ0n) is 13.7. The molecule has 1 aromatic carbocycles. The second-order valence-electron chi connectivity index (χ2n) is 5.69. The lowest BCUT2D eigenvalue weighted by Gasteiger charge is -2.29. The van der Waals surface area contributed by atoms with Crippen LogP contribution in [0.4, 0.5) is 16.2 Å². The van der Waals surface area contributed by atoms with Crippen molar-refractivity contribution in [2.24, 2.45) is 0 Å². The molecule has 122 valence electrons. The molecule has 5 heteroatoms. The molecule has 2 rings (SSSR count). The van der Waals surface area contributed by atoms with Gasteiger partial charge in [0.1, 0.15) is 0 Å². The molecule has 2 amide bonds. The van der Waals surface area contributed by atoms with Crippen LogP contribution in [-0.4, -0.2) is 38.9 Å². The Hall–Kier alpha value is -1.75. The van der Waals surface area contributed by atoms with Crippen molar-refractivity contribution in [1.82, 2.24) is 5.32 Å². The Bertz CT molecular complexity index is 485. The molecule has 0 aliphatic carbocycles. The lowest BCUT2D eigenvalue weighted by molar-refractivity contribution is 0.122. The molecule has 0 unspecified atom stereocenters. The lowest BCUT2D eigenvalue weighted by atomic mass is 10.1. The number of morpholine rings is 1. The van der Waals surface area contributed by atoms with Crippen LogP contribution in [0.2, 0.25) is 0 Å². The predicted molar refractivity (Wildman–Crippen MR) is 90.8 cm³/mol. The summed E-state index contributed by atoms with van der Waals surface area (Å²) < 4.78 is 5.38. The van der Waals surface area contributed by atoms with Gasteiger partial charge in [0.15, 0.2) is 0 Å². The molecule has 2 N–H and O–H groups in total. The van der Waals surface area contributed by atoms with Crippen molar-refractivity contribution in [2.75, 3.05) is 43.1 Å². The van der Waals surface area contributed by atoms with E-state index in [0.29, 0.717) is 0 Å². The van der Waals surface area contributed by atoms with Gasteiger partial charge in [-0.2, -0.15) is 0 Å². The number of carbonyl (C=O) groups is 1. The van der Waals surface area contributed by atoms with E-state index < -0.39 is 0 Å². The average Bonchev–Trinajstić information content (AvgIpc) is 2.54. The van der Waals surface area contributed by atoms with Gasteiger partial charge in [-0.15, -0.1) is 0 Å². The van der Waals surface area contributed by atoms with Crippen molar-refractivity contribution in [3.63, 3.8) is 0 Å². The minimum atomic E-state index is -0.127. The number of benzene rings is 1. The fourth-order valence-electron chi connectivity index (χ4n) is 2.55. The molecule has 1 fully saturated rings. The standard InChI is InChI=1S/C17H27N3O2/c1-3-4-5-8-18-17(21)19-16-7-6-15(13-14(16)2)20-9-11-22-12-10-20/h6-7,13H,3-5,8-12H2,1-2H3,(H2,18,19,21). The van der Waals surface area contributed by atoms with E-state index in [0.717, 1.165) is 63.4 Å². The van der Waals surface area contributed by atoms with Gasteiger partial charge in [0.25, 0.3) is 0 Å². The summed E-state index contributed by atoms with van der Waals surface area (Å²) in [5.41, 5.74) is 3.13. The van der Waals surface area contributed by atoms with Crippen LogP contribution in [0.3, 0.4) is 0 Å². The topological polar surface area (TPSA) is 53.6 Å². The molecule has 1 aromatic rings. The molecule has 1 saturated heterocycles. The molecular weight excluding hydrogens is 278 g/mol. The number of nitrogens with zero attached hydrogens (tertiary/aromatic N) is 1. The monoisotopic (exact) mass is 305 g/mol. The van der Waals surface area contributed by atoms with E-state index in [9.17, 15) is 4.79 Å². The Kier molecular flexibility index (Phi) is 6.52. The van der Waals surface area contributed by atoms with Gasteiger partial charge in [-0.25, -0.2) is 4.79 Å². The number of anilines is 2. The van der Waals surface area contributed by atoms with Crippen LogP contribution in [0.25, 0.3) is 0 Å². The van der Waals surface area contributed by atoms with Gasteiger partial charge < -0.3 is 20.3 Å². The number of amides is 2. The van der Waals surface area contributed by atoms with E-state index in [1.807, 2.05) is 13.0 Å². The Morgan fingerprint density at radius 3 is 2.73 bits per heavy atom. The summed E-state index contributed by atoms with van der Waals surface area (Å²) in [6.07, 6.45) is 3.33. The van der Waals surface area contributed by atoms with Crippen molar-refractivity contribution in [2.45, 2.75) is 33.1 Å². The van der Waals surface area contributed by atoms with E-state index in [-0.39, 0.29) is 6.03 Å². The second-order valence-corrected chi connectivity index (χ2v) is 5.69. The third-order valence-electron chi connectivity index (χ3n) is 3.90. The quantitative estimate of drug-likeness (QED) is 0.794. The van der Waals surface area contributed by atoms with E-state index >= 15 is 0 Å². The number of unbranched alkanes of at least 4 members (excludes halogenated alkanes) is 2. The molecule has 1 heterocycles. The van der Waals surface area contributed by atoms with Crippen LogP contribution in [0.15, 0.2) is 18.2 Å². The number of nitrogens with one attached hydrogen (secondary N) is 2. The first-order valence-corrected chi connectivity index (χ1v) is 8.19. The summed E-state index contributed by atoms with van der Waals surface area (Å²) in [6.45, 7) is 8.30. The Balaban J connectivity index is 1.87. The van der Waals surface area contributed by atoms with Gasteiger partial charge in [-0.3, -0.25) is 0 Å². The highest BCUT2D eigenvalue weighted by atomic mass is 16.5. The van der Waals surface area contributed by atoms with Crippen molar-refractivity contribution < 1.29 is 9.53 Å². The third-order valence-corrected chi connectivity index (χ3v) is 3.90. The largest absolute Gasteiger partial charge is 0.378 e. The van der Waals surface area contributed by atoms with Gasteiger partial charge in [-0.1, -0.05) is 19.8 Å². The van der Waals surface area contributed by atoms with Gasteiger partial charge in [0.2, 0.25) is 0 Å². The average molecular weight is 305 g/mol. The number of ether oxygens (including phenoxy) is 1. The number of carbonyl (C=O) groups excluding carboxylic acids is 1. The van der Waals surface area contributed by atoms with Crippen LogP contribution < -0.4 is 15.5 Å². The predicted octanol–water partition coefficient (Wildman–Crippen LogP) is 3.14. The van der Waals surface area contributed by atoms with Crippen molar-refractivity contribution in [3.8, 4) is 0 Å². The van der Waals surface area contributed by atoms with Gasteiger partial charge in [0, 0.05) is 31.0 Å². The van der Waals surface area contributed by atoms with Crippen LogP contribution in [-0.2, 0) is 4.74 Å². The van der Waals surface area contributed by atoms with Gasteiger partial charge in [-0.05, 0) is 37.1 Å². The van der Waals surface area contributed by atoms with Crippen molar-refractivity contribution >= 4 is 17.4 Å². The highest BCUT2D eigenvalue weighted by Gasteiger charge is 2.12. The second kappa shape index (κ2) is 8.63. The molecule has 0 bridgehead atoms. The van der Waals surface area contributed by atoms with Crippen LogP contribution in [0.5, 0.6) is 0 Å². The summed E-state index contributed by atoms with van der Waals surface area (Å²) in [7, 11) is 0. The minimum Gasteiger partial charge on any atom is -0.378 e. The van der Waals surface area contributed by atoms with E-state index in [1.165, 1.54) is 5.69 Å². The summed E-state index contributed by atoms with van der Waals surface area (Å²) in [5.74, 6) is 0. The van der Waals surface area contributed by atoms with E-state index in [4.69, 9.17) is 4.74 Å². The molecule has 0 spiro atoms. The smallest absolute Gasteiger partial charge is 0.319 e. The Labute approximate surface area is 133 Å². The maximum absolute atomic E-state index is 11.9. The molecule has 1 aliphatic rings. The number of urea groups is 1. The fraction of sp³-hybridized carbons (Fsp3) is 0.588. The molecule has 0 aromatic heterocycles. The summed E-state index contributed by atoms with van der Waals surface area (Å²) in [4.78, 5) is 14.2. The first kappa shape index (κ1) is 16.6. The summed E-state index contributed by atoms with van der Waals surface area (Å²) >= 11 is 0. The maximum Gasteiger partial charge on any atom is 0.319 e. The SMILES string of the molecule is CCCCCNC(=O)Nc1ccc(N2CCOCC2)cc1C. The molecule has 0 radical (unpaired) electrons. The zero-order chi connectivity index (χ0) is 15.8. The highest BCUT2D eigenvalue weighted by Crippen LogP contribution is 2.23. The summed E-state index contributed by atoms with van der Waals surface area (Å²) in [5, 5.41) is 5.82. The minimum absolute atomic E-state index is 0.127. The lowest BCUT2D eigenvalue weighted by Crippen LogP contribution is -2.36. The number of hydrogen-bond acceptors (Lipinski definition) is 3. The summed E-state index contributed by atoms with van der Waals surface area (Å²) in [6, 6.07) is 6.03. The number of hydrogen-bond donors (Lipinski definition) is 2. The molecule has 0 atom stereocenters. The normalized spacial score (nSPS) is 14.7. The molecular formula is C17H27N3O2. The van der Waals surface area contributed by atoms with Crippen molar-refractivity contribution in [3.05, 3.63) is 23.8 Å². The Morgan fingerprint density at radius 1 is 1.27 bits per heavy atom. The molecule has 5 nitrogen and oxygen atoms in total. The van der Waals surface area contributed by atoms with Crippen LogP contribution in [0, 0.1) is 6.92 Å². The maximum atomic E-state index is 11.9. The van der Waals surface area contributed by atoms with Crippen LogP contribution >= 0.6 is 0 Å². The highest BCUT2D eigenvalue weighted by molar-refractivity contribution is 5.90. The van der Waals surface area contributed by atoms with Gasteiger partial charge >= 0.3 is 6.03 Å². The van der Waals surface area contributed by atoms with Gasteiger partial charge in [0.05, 0.1) is 13.2 Å².